The molecule has 3 heteroatoms. The summed E-state index contributed by atoms with van der Waals surface area (Å²) in [6.45, 7) is 7.48. The van der Waals surface area contributed by atoms with E-state index < -0.39 is 11.7 Å². The van der Waals surface area contributed by atoms with Gasteiger partial charge in [0.15, 0.2) is 0 Å². The number of fused-ring (bicyclic) bond motifs is 5. The molecule has 0 aromatic carbocycles. The van der Waals surface area contributed by atoms with Gasteiger partial charge in [-0.3, -0.25) is 0 Å². The fourth-order valence-electron chi connectivity index (χ4n) is 6.27. The second-order valence-corrected chi connectivity index (χ2v) is 9.02. The Hall–Kier alpha value is -0.380. The Kier molecular flexibility index (Phi) is 3.16. The first-order chi connectivity index (χ1) is 10.3. The summed E-state index contributed by atoms with van der Waals surface area (Å²) in [6, 6.07) is 0. The van der Waals surface area contributed by atoms with Crippen molar-refractivity contribution in [1.29, 1.82) is 0 Å². The number of allylic oxidation sites excluding steroid dienone is 1. The predicted molar refractivity (Wildman–Crippen MR) is 85.3 cm³/mol. The second-order valence-electron chi connectivity index (χ2n) is 9.02. The van der Waals surface area contributed by atoms with Crippen LogP contribution in [0.2, 0.25) is 0 Å². The van der Waals surface area contributed by atoms with Gasteiger partial charge in [-0.05, 0) is 73.7 Å². The summed E-state index contributed by atoms with van der Waals surface area (Å²) in [5, 5.41) is 21.2. The van der Waals surface area contributed by atoms with Gasteiger partial charge in [0.1, 0.15) is 0 Å². The van der Waals surface area contributed by atoms with E-state index in [1.807, 2.05) is 6.92 Å². The Morgan fingerprint density at radius 1 is 1.14 bits per heavy atom. The first-order valence-corrected chi connectivity index (χ1v) is 9.01. The standard InChI is InChI=1S/C19H30O3/c1-17-8-6-13-12(16(17)22-11-10-17)4-5-14-18(13,2)9-7-15(20)19(14,3)21/h4,13-16,20-21H,5-11H2,1-3H3/t13-,14+,15+,16+,17+,18+,19-/m0/s1. The Balaban J connectivity index is 1.74. The average molecular weight is 306 g/mol. The molecule has 0 unspecified atom stereocenters. The van der Waals surface area contributed by atoms with Gasteiger partial charge in [-0.15, -0.1) is 0 Å². The van der Waals surface area contributed by atoms with E-state index in [9.17, 15) is 10.2 Å². The zero-order valence-electron chi connectivity index (χ0n) is 14.1. The molecule has 0 spiro atoms. The van der Waals surface area contributed by atoms with Crippen LogP contribution in [0.5, 0.6) is 0 Å². The van der Waals surface area contributed by atoms with Gasteiger partial charge in [0.2, 0.25) is 0 Å². The van der Waals surface area contributed by atoms with Crippen LogP contribution in [-0.2, 0) is 4.74 Å². The summed E-state index contributed by atoms with van der Waals surface area (Å²) in [6.07, 6.45) is 8.29. The summed E-state index contributed by atoms with van der Waals surface area (Å²) in [7, 11) is 0. The van der Waals surface area contributed by atoms with E-state index in [0.29, 0.717) is 23.9 Å². The molecule has 2 saturated carbocycles. The maximum atomic E-state index is 10.9. The molecular formula is C19H30O3. The SMILES string of the molecule is C[C@@]12CCO[C@@H]1C1=CC[C@H]3[C@](C)(O)[C@H](O)CC[C@]3(C)[C@H]1CC2. The third-order valence-electron chi connectivity index (χ3n) is 7.82. The lowest BCUT2D eigenvalue weighted by Gasteiger charge is -2.60. The van der Waals surface area contributed by atoms with E-state index >= 15 is 0 Å². The largest absolute Gasteiger partial charge is 0.390 e. The van der Waals surface area contributed by atoms with Crippen LogP contribution in [0.4, 0.5) is 0 Å². The van der Waals surface area contributed by atoms with Crippen molar-refractivity contribution in [2.75, 3.05) is 6.61 Å². The van der Waals surface area contributed by atoms with Gasteiger partial charge in [-0.1, -0.05) is 19.9 Å². The van der Waals surface area contributed by atoms with Crippen LogP contribution in [-0.4, -0.2) is 34.6 Å². The van der Waals surface area contributed by atoms with Crippen LogP contribution in [0.25, 0.3) is 0 Å². The first kappa shape index (κ1) is 15.2. The fraction of sp³-hybridized carbons (Fsp3) is 0.895. The van der Waals surface area contributed by atoms with Crippen molar-refractivity contribution in [2.45, 2.75) is 77.1 Å². The van der Waals surface area contributed by atoms with Gasteiger partial charge in [-0.2, -0.15) is 0 Å². The molecule has 3 fully saturated rings. The molecule has 3 aliphatic carbocycles. The molecule has 4 rings (SSSR count). The number of rotatable bonds is 0. The van der Waals surface area contributed by atoms with E-state index in [-0.39, 0.29) is 11.3 Å². The number of hydrogen-bond acceptors (Lipinski definition) is 3. The third kappa shape index (κ3) is 1.79. The van der Waals surface area contributed by atoms with E-state index in [1.54, 1.807) is 0 Å². The zero-order valence-corrected chi connectivity index (χ0v) is 14.1. The van der Waals surface area contributed by atoms with Crippen LogP contribution >= 0.6 is 0 Å². The molecule has 2 N–H and O–H groups in total. The van der Waals surface area contributed by atoms with Crippen molar-refractivity contribution < 1.29 is 14.9 Å². The summed E-state index contributed by atoms with van der Waals surface area (Å²) in [4.78, 5) is 0. The molecule has 1 saturated heterocycles. The normalized spacial score (nSPS) is 57.6. The minimum absolute atomic E-state index is 0.0973. The Morgan fingerprint density at radius 3 is 2.68 bits per heavy atom. The van der Waals surface area contributed by atoms with Crippen LogP contribution < -0.4 is 0 Å². The molecule has 0 radical (unpaired) electrons. The van der Waals surface area contributed by atoms with Gasteiger partial charge in [0.05, 0.1) is 17.8 Å². The van der Waals surface area contributed by atoms with E-state index in [0.717, 1.165) is 19.4 Å². The van der Waals surface area contributed by atoms with Crippen molar-refractivity contribution in [3.05, 3.63) is 11.6 Å². The second kappa shape index (κ2) is 4.58. The summed E-state index contributed by atoms with van der Waals surface area (Å²) >= 11 is 0. The van der Waals surface area contributed by atoms with Gasteiger partial charge >= 0.3 is 0 Å². The van der Waals surface area contributed by atoms with E-state index in [1.165, 1.54) is 24.8 Å². The molecule has 0 aromatic heterocycles. The average Bonchev–Trinajstić information content (AvgIpc) is 2.85. The van der Waals surface area contributed by atoms with Crippen molar-refractivity contribution >= 4 is 0 Å². The minimum atomic E-state index is -0.966. The molecule has 124 valence electrons. The van der Waals surface area contributed by atoms with Gasteiger partial charge in [0, 0.05) is 6.61 Å². The molecule has 1 heterocycles. The van der Waals surface area contributed by atoms with Crippen LogP contribution in [0.15, 0.2) is 11.6 Å². The maximum Gasteiger partial charge on any atom is 0.0913 e. The van der Waals surface area contributed by atoms with Crippen molar-refractivity contribution in [1.82, 2.24) is 0 Å². The quantitative estimate of drug-likeness (QED) is 0.676. The number of aliphatic hydroxyl groups is 2. The monoisotopic (exact) mass is 306 g/mol. The fourth-order valence-corrected chi connectivity index (χ4v) is 6.27. The highest BCUT2D eigenvalue weighted by Crippen LogP contribution is 2.63. The molecule has 0 aromatic rings. The van der Waals surface area contributed by atoms with Gasteiger partial charge in [-0.25, -0.2) is 0 Å². The van der Waals surface area contributed by atoms with Crippen molar-refractivity contribution in [3.8, 4) is 0 Å². The highest BCUT2D eigenvalue weighted by molar-refractivity contribution is 5.29. The Morgan fingerprint density at radius 2 is 1.91 bits per heavy atom. The predicted octanol–water partition coefficient (Wildman–Crippen LogP) is 3.05. The lowest BCUT2D eigenvalue weighted by Crippen LogP contribution is -2.61. The van der Waals surface area contributed by atoms with Crippen LogP contribution in [0.3, 0.4) is 0 Å². The van der Waals surface area contributed by atoms with E-state index in [2.05, 4.69) is 19.9 Å². The van der Waals surface area contributed by atoms with Crippen LogP contribution in [0.1, 0.15) is 59.3 Å². The number of aliphatic hydroxyl groups excluding tert-OH is 1. The third-order valence-corrected chi connectivity index (χ3v) is 7.82. The van der Waals surface area contributed by atoms with Crippen molar-refractivity contribution in [3.63, 3.8) is 0 Å². The van der Waals surface area contributed by atoms with Gasteiger partial charge in [0.25, 0.3) is 0 Å². The van der Waals surface area contributed by atoms with Crippen molar-refractivity contribution in [2.24, 2.45) is 22.7 Å². The highest BCUT2D eigenvalue weighted by atomic mass is 16.5. The van der Waals surface area contributed by atoms with Crippen LogP contribution in [0, 0.1) is 22.7 Å². The molecule has 22 heavy (non-hydrogen) atoms. The van der Waals surface area contributed by atoms with E-state index in [4.69, 9.17) is 4.74 Å². The summed E-state index contributed by atoms with van der Waals surface area (Å²) < 4.78 is 6.15. The first-order valence-electron chi connectivity index (χ1n) is 9.01. The summed E-state index contributed by atoms with van der Waals surface area (Å²) in [5.74, 6) is 0.671. The number of ether oxygens (including phenoxy) is 1. The molecule has 0 amide bonds. The molecule has 4 aliphatic rings. The van der Waals surface area contributed by atoms with Gasteiger partial charge < -0.3 is 14.9 Å². The highest BCUT2D eigenvalue weighted by Gasteiger charge is 2.60. The minimum Gasteiger partial charge on any atom is -0.390 e. The summed E-state index contributed by atoms with van der Waals surface area (Å²) in [5.41, 5.74) is 0.964. The number of hydrogen-bond donors (Lipinski definition) is 2. The maximum absolute atomic E-state index is 10.9. The molecule has 0 bridgehead atoms. The zero-order chi connectivity index (χ0) is 15.8. The Labute approximate surface area is 133 Å². The molecule has 7 atom stereocenters. The molecule has 1 aliphatic heterocycles. The lowest BCUT2D eigenvalue weighted by atomic mass is 9.47. The topological polar surface area (TPSA) is 49.7 Å². The smallest absolute Gasteiger partial charge is 0.0913 e. The molecule has 3 nitrogen and oxygen atoms in total. The Bertz CT molecular complexity index is 511. The molecular weight excluding hydrogens is 276 g/mol. The lowest BCUT2D eigenvalue weighted by molar-refractivity contribution is -0.184.